The van der Waals surface area contributed by atoms with Gasteiger partial charge in [0.25, 0.3) is 0 Å². The van der Waals surface area contributed by atoms with Crippen molar-refractivity contribution in [1.82, 2.24) is 34.3 Å². The van der Waals surface area contributed by atoms with Crippen LogP contribution in [-0.2, 0) is 0 Å². The van der Waals surface area contributed by atoms with Crippen LogP contribution in [0, 0.1) is 12.7 Å². The van der Waals surface area contributed by atoms with E-state index in [-0.39, 0.29) is 11.9 Å². The average molecular weight is 487 g/mol. The van der Waals surface area contributed by atoms with E-state index in [9.17, 15) is 4.39 Å². The Bertz CT molecular complexity index is 1520. The second kappa shape index (κ2) is 8.28. The van der Waals surface area contributed by atoms with Crippen LogP contribution >= 0.6 is 11.6 Å². The largest absolute Gasteiger partial charge is 0.314 e. The highest BCUT2D eigenvalue weighted by Gasteiger charge is 2.36. The van der Waals surface area contributed by atoms with Gasteiger partial charge in [-0.3, -0.25) is 9.13 Å². The minimum absolute atomic E-state index is 0.0901. The molecule has 2 aromatic carbocycles. The van der Waals surface area contributed by atoms with Crippen molar-refractivity contribution in [2.24, 2.45) is 0 Å². The van der Waals surface area contributed by atoms with Gasteiger partial charge in [-0.25, -0.2) is 14.4 Å². The van der Waals surface area contributed by atoms with Gasteiger partial charge in [0.2, 0.25) is 5.95 Å². The normalized spacial score (nSPS) is 14.6. The molecule has 10 heteroatoms. The zero-order valence-corrected chi connectivity index (χ0v) is 19.7. The van der Waals surface area contributed by atoms with Crippen molar-refractivity contribution in [2.75, 3.05) is 4.90 Å². The minimum Gasteiger partial charge on any atom is -0.314 e. The molecule has 0 N–H and O–H groups in total. The van der Waals surface area contributed by atoms with Crippen LogP contribution in [0.15, 0.2) is 67.3 Å². The maximum atomic E-state index is 13.5. The van der Waals surface area contributed by atoms with Crippen LogP contribution in [0.1, 0.15) is 30.9 Å². The van der Waals surface area contributed by atoms with E-state index in [1.165, 1.54) is 12.1 Å². The molecule has 0 radical (unpaired) electrons. The second-order valence-corrected chi connectivity index (χ2v) is 8.68. The molecule has 1 unspecified atom stereocenters. The van der Waals surface area contributed by atoms with Crippen molar-refractivity contribution >= 4 is 23.1 Å². The van der Waals surface area contributed by atoms with Crippen LogP contribution in [0.5, 0.6) is 0 Å². The Balaban J connectivity index is 1.57. The Hall–Kier alpha value is -4.11. The third-order valence-corrected chi connectivity index (χ3v) is 6.38. The van der Waals surface area contributed by atoms with Gasteiger partial charge in [0.05, 0.1) is 11.7 Å². The summed E-state index contributed by atoms with van der Waals surface area (Å²) in [5, 5.41) is 9.26. The molecule has 3 aromatic heterocycles. The molecule has 0 fully saturated rings. The molecule has 4 heterocycles. The highest BCUT2D eigenvalue weighted by atomic mass is 35.5. The molecule has 6 rings (SSSR count). The molecule has 1 aliphatic rings. The van der Waals surface area contributed by atoms with Crippen LogP contribution in [-0.4, -0.2) is 34.3 Å². The number of benzene rings is 2. The molecular formula is C25H20ClFN8. The van der Waals surface area contributed by atoms with Crippen molar-refractivity contribution in [1.29, 1.82) is 0 Å². The van der Waals surface area contributed by atoms with Crippen LogP contribution in [0.4, 0.5) is 15.9 Å². The quantitative estimate of drug-likeness (QED) is 0.328. The van der Waals surface area contributed by atoms with Crippen molar-refractivity contribution in [3.8, 4) is 23.0 Å². The molecule has 0 saturated carbocycles. The number of hydrogen-bond donors (Lipinski definition) is 0. The zero-order valence-electron chi connectivity index (χ0n) is 19.0. The van der Waals surface area contributed by atoms with Gasteiger partial charge in [0, 0.05) is 28.7 Å². The van der Waals surface area contributed by atoms with Crippen LogP contribution in [0.2, 0.25) is 5.02 Å². The maximum Gasteiger partial charge on any atom is 0.237 e. The van der Waals surface area contributed by atoms with Gasteiger partial charge in [-0.1, -0.05) is 18.5 Å². The van der Waals surface area contributed by atoms with Crippen molar-refractivity contribution in [3.05, 3.63) is 89.6 Å². The highest BCUT2D eigenvalue weighted by molar-refractivity contribution is 6.30. The number of imidazole rings is 1. The lowest BCUT2D eigenvalue weighted by Gasteiger charge is -2.37. The standard InChI is InChI=1S/C25H20ClFN8/c1-3-20-23-32-29-14-34(23)21-15(2)30-25(31-24(21)35(20)19-10-6-17(26)7-11-19)33-13-12-28-22(33)16-4-8-18(27)9-5-16/h4-14,20H,3H2,1-2H3. The molecule has 35 heavy (non-hydrogen) atoms. The van der Waals surface area contributed by atoms with Gasteiger partial charge in [-0.05, 0) is 61.9 Å². The molecule has 0 bridgehead atoms. The van der Waals surface area contributed by atoms with E-state index in [2.05, 4.69) is 27.0 Å². The predicted octanol–water partition coefficient (Wildman–Crippen LogP) is 5.61. The zero-order chi connectivity index (χ0) is 24.1. The number of fused-ring (bicyclic) bond motifs is 3. The molecule has 174 valence electrons. The van der Waals surface area contributed by atoms with Gasteiger partial charge in [-0.2, -0.15) is 4.98 Å². The summed E-state index contributed by atoms with van der Waals surface area (Å²) in [6.07, 6.45) is 5.97. The number of nitrogens with zero attached hydrogens (tertiary/aromatic N) is 8. The van der Waals surface area contributed by atoms with Gasteiger partial charge < -0.3 is 4.90 Å². The first-order valence-corrected chi connectivity index (χ1v) is 11.6. The second-order valence-electron chi connectivity index (χ2n) is 8.24. The third-order valence-electron chi connectivity index (χ3n) is 6.13. The third kappa shape index (κ3) is 3.47. The number of rotatable bonds is 4. The summed E-state index contributed by atoms with van der Waals surface area (Å²) in [5.41, 5.74) is 3.28. The van der Waals surface area contributed by atoms with Gasteiger partial charge in [0.15, 0.2) is 11.6 Å². The fourth-order valence-electron chi connectivity index (χ4n) is 4.55. The Labute approximate surface area is 205 Å². The summed E-state index contributed by atoms with van der Waals surface area (Å²) in [7, 11) is 0. The van der Waals surface area contributed by atoms with E-state index in [0.717, 1.165) is 40.7 Å². The monoisotopic (exact) mass is 486 g/mol. The Kier molecular flexibility index (Phi) is 5.07. The Morgan fingerprint density at radius 2 is 1.77 bits per heavy atom. The molecule has 5 aromatic rings. The number of halogens is 2. The van der Waals surface area contributed by atoms with E-state index < -0.39 is 0 Å². The van der Waals surface area contributed by atoms with Gasteiger partial charge in [0.1, 0.15) is 23.7 Å². The maximum absolute atomic E-state index is 13.5. The number of aryl methyl sites for hydroxylation is 1. The van der Waals surface area contributed by atoms with Crippen molar-refractivity contribution < 1.29 is 4.39 Å². The summed E-state index contributed by atoms with van der Waals surface area (Å²) >= 11 is 6.18. The Morgan fingerprint density at radius 1 is 1.00 bits per heavy atom. The van der Waals surface area contributed by atoms with Crippen molar-refractivity contribution in [2.45, 2.75) is 26.3 Å². The SMILES string of the molecule is CCC1c2nncn2-c2c(C)nc(-n3ccnc3-c3ccc(F)cc3)nc2N1c1ccc(Cl)cc1. The molecule has 8 nitrogen and oxygen atoms in total. The molecule has 0 aliphatic carbocycles. The summed E-state index contributed by atoms with van der Waals surface area (Å²) in [4.78, 5) is 16.5. The van der Waals surface area contributed by atoms with E-state index in [1.807, 2.05) is 40.3 Å². The molecule has 0 spiro atoms. The molecule has 0 saturated heterocycles. The van der Waals surface area contributed by atoms with E-state index >= 15 is 0 Å². The van der Waals surface area contributed by atoms with Crippen LogP contribution < -0.4 is 4.90 Å². The first kappa shape index (κ1) is 21.4. The summed E-state index contributed by atoms with van der Waals surface area (Å²) in [6.45, 7) is 4.05. The van der Waals surface area contributed by atoms with Crippen LogP contribution in [0.3, 0.4) is 0 Å². The number of hydrogen-bond acceptors (Lipinski definition) is 6. The topological polar surface area (TPSA) is 77.5 Å². The minimum atomic E-state index is -0.304. The fourth-order valence-corrected chi connectivity index (χ4v) is 4.67. The fraction of sp³-hybridized carbons (Fsp3) is 0.160. The van der Waals surface area contributed by atoms with Crippen LogP contribution in [0.25, 0.3) is 23.0 Å². The smallest absolute Gasteiger partial charge is 0.237 e. The van der Waals surface area contributed by atoms with E-state index in [4.69, 9.17) is 21.6 Å². The van der Waals surface area contributed by atoms with Gasteiger partial charge in [-0.15, -0.1) is 10.2 Å². The lowest BCUT2D eigenvalue weighted by molar-refractivity contribution is 0.587. The van der Waals surface area contributed by atoms with E-state index in [1.54, 1.807) is 30.9 Å². The predicted molar refractivity (Wildman–Crippen MR) is 131 cm³/mol. The average Bonchev–Trinajstić information content (AvgIpc) is 3.54. The number of aromatic nitrogens is 7. The lowest BCUT2D eigenvalue weighted by Crippen LogP contribution is -2.33. The summed E-state index contributed by atoms with van der Waals surface area (Å²) in [5.74, 6) is 2.33. The molecule has 1 aliphatic heterocycles. The van der Waals surface area contributed by atoms with E-state index in [0.29, 0.717) is 16.8 Å². The first-order chi connectivity index (χ1) is 17.0. The Morgan fingerprint density at radius 3 is 2.51 bits per heavy atom. The molecule has 1 atom stereocenters. The summed E-state index contributed by atoms with van der Waals surface area (Å²) in [6, 6.07) is 13.8. The summed E-state index contributed by atoms with van der Waals surface area (Å²) < 4.78 is 17.3. The molecular weight excluding hydrogens is 467 g/mol. The lowest BCUT2D eigenvalue weighted by atomic mass is 10.1. The van der Waals surface area contributed by atoms with Crippen molar-refractivity contribution in [3.63, 3.8) is 0 Å². The first-order valence-electron chi connectivity index (χ1n) is 11.2. The number of anilines is 2. The van der Waals surface area contributed by atoms with Gasteiger partial charge >= 0.3 is 0 Å². The molecule has 0 amide bonds. The highest BCUT2D eigenvalue weighted by Crippen LogP contribution is 2.44.